The van der Waals surface area contributed by atoms with Crippen LogP contribution in [0.2, 0.25) is 5.02 Å². The van der Waals surface area contributed by atoms with Crippen LogP contribution >= 0.6 is 11.6 Å². The molecule has 0 radical (unpaired) electrons. The Balaban J connectivity index is 1.98. The molecule has 106 valence electrons. The maximum Gasteiger partial charge on any atom is 0.247 e. The van der Waals surface area contributed by atoms with Gasteiger partial charge in [-0.2, -0.15) is 0 Å². The van der Waals surface area contributed by atoms with Crippen LogP contribution in [-0.4, -0.2) is 17.1 Å². The molecule has 2 N–H and O–H groups in total. The highest BCUT2D eigenvalue weighted by Gasteiger charge is 2.15. The molecule has 1 heterocycles. The van der Waals surface area contributed by atoms with Crippen LogP contribution in [0, 0.1) is 12.7 Å². The molecule has 2 aromatic rings. The van der Waals surface area contributed by atoms with Crippen LogP contribution in [0.1, 0.15) is 12.7 Å². The molecule has 0 aliphatic rings. The highest BCUT2D eigenvalue weighted by molar-refractivity contribution is 6.31. The first-order valence-electron chi connectivity index (χ1n) is 5.91. The molecule has 0 aliphatic heterocycles. The topological polar surface area (TPSA) is 67.2 Å². The molecule has 0 bridgehead atoms. The molecular weight excluding hydrogens is 285 g/mol. The predicted octanol–water partition coefficient (Wildman–Crippen LogP) is 3.21. The summed E-state index contributed by atoms with van der Waals surface area (Å²) in [6, 6.07) is 5.22. The van der Waals surface area contributed by atoms with Gasteiger partial charge in [0.05, 0.1) is 5.02 Å². The lowest BCUT2D eigenvalue weighted by Gasteiger charge is -2.14. The summed E-state index contributed by atoms with van der Waals surface area (Å²) in [4.78, 5) is 11.9. The third kappa shape index (κ3) is 3.48. The van der Waals surface area contributed by atoms with Crippen molar-refractivity contribution >= 4 is 29.0 Å². The zero-order valence-corrected chi connectivity index (χ0v) is 11.7. The SMILES string of the molecule is Cc1cc(NC(=O)[C@H](C)Nc2ccc(F)c(Cl)c2)no1. The fraction of sp³-hybridized carbons (Fsp3) is 0.231. The van der Waals surface area contributed by atoms with Gasteiger partial charge in [0.2, 0.25) is 5.91 Å². The van der Waals surface area contributed by atoms with Gasteiger partial charge in [0.1, 0.15) is 17.6 Å². The molecule has 5 nitrogen and oxygen atoms in total. The molecule has 1 atom stereocenters. The van der Waals surface area contributed by atoms with Crippen LogP contribution < -0.4 is 10.6 Å². The average molecular weight is 298 g/mol. The zero-order valence-electron chi connectivity index (χ0n) is 10.9. The Kier molecular flexibility index (Phi) is 4.24. The van der Waals surface area contributed by atoms with E-state index in [2.05, 4.69) is 15.8 Å². The van der Waals surface area contributed by atoms with Gasteiger partial charge in [0, 0.05) is 11.8 Å². The van der Waals surface area contributed by atoms with Crippen LogP contribution in [-0.2, 0) is 4.79 Å². The third-order valence-corrected chi connectivity index (χ3v) is 2.86. The Morgan fingerprint density at radius 3 is 2.80 bits per heavy atom. The molecular formula is C13H13ClFN3O2. The summed E-state index contributed by atoms with van der Waals surface area (Å²) in [6.07, 6.45) is 0. The summed E-state index contributed by atoms with van der Waals surface area (Å²) < 4.78 is 17.9. The van der Waals surface area contributed by atoms with Gasteiger partial charge in [-0.1, -0.05) is 16.8 Å². The lowest BCUT2D eigenvalue weighted by Crippen LogP contribution is -2.31. The van der Waals surface area contributed by atoms with Gasteiger partial charge in [-0.25, -0.2) is 4.39 Å². The van der Waals surface area contributed by atoms with Gasteiger partial charge in [-0.05, 0) is 32.0 Å². The van der Waals surface area contributed by atoms with Crippen molar-refractivity contribution in [2.24, 2.45) is 0 Å². The minimum atomic E-state index is -0.548. The number of hydrogen-bond donors (Lipinski definition) is 2. The quantitative estimate of drug-likeness (QED) is 0.909. The Labute approximate surface area is 120 Å². The van der Waals surface area contributed by atoms with Crippen molar-refractivity contribution in [3.8, 4) is 0 Å². The summed E-state index contributed by atoms with van der Waals surface area (Å²) in [7, 11) is 0. The number of carbonyl (C=O) groups excluding carboxylic acids is 1. The minimum absolute atomic E-state index is 0.00488. The van der Waals surface area contributed by atoms with Gasteiger partial charge in [0.15, 0.2) is 5.82 Å². The molecule has 0 fully saturated rings. The molecule has 1 amide bonds. The van der Waals surface area contributed by atoms with Crippen molar-refractivity contribution in [3.05, 3.63) is 40.9 Å². The summed E-state index contributed by atoms with van der Waals surface area (Å²) >= 11 is 5.67. The van der Waals surface area contributed by atoms with E-state index in [1.165, 1.54) is 18.2 Å². The first kappa shape index (κ1) is 14.3. The molecule has 0 aliphatic carbocycles. The molecule has 0 unspecified atom stereocenters. The number of aromatic nitrogens is 1. The largest absolute Gasteiger partial charge is 0.374 e. The van der Waals surface area contributed by atoms with E-state index in [-0.39, 0.29) is 10.9 Å². The second-order valence-corrected chi connectivity index (χ2v) is 4.71. The normalized spacial score (nSPS) is 12.0. The van der Waals surface area contributed by atoms with Crippen molar-refractivity contribution in [1.29, 1.82) is 0 Å². The average Bonchev–Trinajstić information content (AvgIpc) is 2.79. The Morgan fingerprint density at radius 1 is 1.45 bits per heavy atom. The highest BCUT2D eigenvalue weighted by atomic mass is 35.5. The van der Waals surface area contributed by atoms with Crippen LogP contribution in [0.15, 0.2) is 28.8 Å². The lowest BCUT2D eigenvalue weighted by molar-refractivity contribution is -0.116. The maximum absolute atomic E-state index is 13.0. The second kappa shape index (κ2) is 5.92. The molecule has 0 spiro atoms. The first-order chi connectivity index (χ1) is 9.45. The number of nitrogens with one attached hydrogen (secondary N) is 2. The molecule has 1 aromatic heterocycles. The van der Waals surface area contributed by atoms with E-state index in [1.54, 1.807) is 19.9 Å². The van der Waals surface area contributed by atoms with Crippen molar-refractivity contribution in [1.82, 2.24) is 5.16 Å². The summed E-state index contributed by atoms with van der Waals surface area (Å²) in [5, 5.41) is 9.17. The summed E-state index contributed by atoms with van der Waals surface area (Å²) in [6.45, 7) is 3.39. The number of halogens is 2. The highest BCUT2D eigenvalue weighted by Crippen LogP contribution is 2.20. The Hall–Kier alpha value is -2.08. The lowest BCUT2D eigenvalue weighted by atomic mass is 10.2. The summed E-state index contributed by atoms with van der Waals surface area (Å²) in [5.41, 5.74) is 0.551. The van der Waals surface area contributed by atoms with E-state index < -0.39 is 11.9 Å². The van der Waals surface area contributed by atoms with Gasteiger partial charge >= 0.3 is 0 Å². The number of hydrogen-bond acceptors (Lipinski definition) is 4. The number of anilines is 2. The van der Waals surface area contributed by atoms with Gasteiger partial charge < -0.3 is 15.2 Å². The maximum atomic E-state index is 13.0. The number of carbonyl (C=O) groups is 1. The summed E-state index contributed by atoms with van der Waals surface area (Å²) in [5.74, 6) is 0.149. The van der Waals surface area contributed by atoms with Crippen LogP contribution in [0.3, 0.4) is 0 Å². The third-order valence-electron chi connectivity index (χ3n) is 2.58. The second-order valence-electron chi connectivity index (χ2n) is 4.31. The number of amides is 1. The Morgan fingerprint density at radius 2 is 2.20 bits per heavy atom. The predicted molar refractivity (Wildman–Crippen MR) is 74.4 cm³/mol. The van der Waals surface area contributed by atoms with Crippen molar-refractivity contribution < 1.29 is 13.7 Å². The smallest absolute Gasteiger partial charge is 0.247 e. The molecule has 0 saturated heterocycles. The molecule has 0 saturated carbocycles. The molecule has 1 aromatic carbocycles. The van der Waals surface area contributed by atoms with Gasteiger partial charge in [-0.15, -0.1) is 0 Å². The van der Waals surface area contributed by atoms with Crippen molar-refractivity contribution in [2.75, 3.05) is 10.6 Å². The van der Waals surface area contributed by atoms with E-state index in [4.69, 9.17) is 16.1 Å². The van der Waals surface area contributed by atoms with Crippen molar-refractivity contribution in [2.45, 2.75) is 19.9 Å². The number of aryl methyl sites for hydroxylation is 1. The number of benzene rings is 1. The molecule has 2 rings (SSSR count). The number of rotatable bonds is 4. The van der Waals surface area contributed by atoms with Gasteiger partial charge in [-0.3, -0.25) is 4.79 Å². The van der Waals surface area contributed by atoms with E-state index in [9.17, 15) is 9.18 Å². The standard InChI is InChI=1S/C13H13ClFN3O2/c1-7-5-12(18-20-7)17-13(19)8(2)16-9-3-4-11(15)10(14)6-9/h3-6,8,16H,1-2H3,(H,17,18,19)/t8-/m0/s1. The van der Waals surface area contributed by atoms with Crippen LogP contribution in [0.5, 0.6) is 0 Å². The molecule has 20 heavy (non-hydrogen) atoms. The van der Waals surface area contributed by atoms with E-state index in [0.717, 1.165) is 0 Å². The Bertz CT molecular complexity index is 630. The van der Waals surface area contributed by atoms with E-state index >= 15 is 0 Å². The minimum Gasteiger partial charge on any atom is -0.374 e. The monoisotopic (exact) mass is 297 g/mol. The number of nitrogens with zero attached hydrogens (tertiary/aromatic N) is 1. The van der Waals surface area contributed by atoms with E-state index in [1.807, 2.05) is 0 Å². The van der Waals surface area contributed by atoms with Crippen molar-refractivity contribution in [3.63, 3.8) is 0 Å². The first-order valence-corrected chi connectivity index (χ1v) is 6.29. The fourth-order valence-electron chi connectivity index (χ4n) is 1.56. The van der Waals surface area contributed by atoms with E-state index in [0.29, 0.717) is 17.3 Å². The molecule has 7 heteroatoms. The van der Waals surface area contributed by atoms with Crippen LogP contribution in [0.25, 0.3) is 0 Å². The van der Waals surface area contributed by atoms with Crippen LogP contribution in [0.4, 0.5) is 15.9 Å². The zero-order chi connectivity index (χ0) is 14.7. The van der Waals surface area contributed by atoms with Gasteiger partial charge in [0.25, 0.3) is 0 Å². The fourth-order valence-corrected chi connectivity index (χ4v) is 1.74.